The van der Waals surface area contributed by atoms with Crippen LogP contribution in [-0.4, -0.2) is 21.3 Å². The minimum atomic E-state index is -0.959. The fraction of sp³-hybridized carbons (Fsp3) is 0.300. The zero-order valence-electron chi connectivity index (χ0n) is 7.55. The van der Waals surface area contributed by atoms with Crippen molar-refractivity contribution in [2.24, 2.45) is 0 Å². The first kappa shape index (κ1) is 10.5. The number of aromatic hydroxyl groups is 1. The van der Waals surface area contributed by atoms with Crippen LogP contribution in [0.4, 0.5) is 0 Å². The molecule has 0 saturated carbocycles. The largest absolute Gasteiger partial charge is 0.508 e. The van der Waals surface area contributed by atoms with Crippen LogP contribution < -0.4 is 0 Å². The fourth-order valence-electron chi connectivity index (χ4n) is 1.19. The number of aliphatic hydroxyl groups is 1. The molecule has 0 aliphatic carbocycles. The van der Waals surface area contributed by atoms with Crippen LogP contribution in [0.2, 0.25) is 0 Å². The van der Waals surface area contributed by atoms with Gasteiger partial charge in [-0.25, -0.2) is 0 Å². The molecule has 0 amide bonds. The van der Waals surface area contributed by atoms with Crippen LogP contribution in [0.15, 0.2) is 24.3 Å². The summed E-state index contributed by atoms with van der Waals surface area (Å²) in [5, 5.41) is 27.3. The number of hydrogen-bond donors (Lipinski definition) is 3. The van der Waals surface area contributed by atoms with Gasteiger partial charge in [0, 0.05) is 12.0 Å². The van der Waals surface area contributed by atoms with Gasteiger partial charge in [-0.3, -0.25) is 4.79 Å². The highest BCUT2D eigenvalue weighted by atomic mass is 16.4. The van der Waals surface area contributed by atoms with E-state index in [4.69, 9.17) is 5.11 Å². The smallest absolute Gasteiger partial charge is 0.303 e. The van der Waals surface area contributed by atoms with Crippen molar-refractivity contribution in [1.82, 2.24) is 0 Å². The van der Waals surface area contributed by atoms with Gasteiger partial charge < -0.3 is 15.3 Å². The normalized spacial score (nSPS) is 12.4. The predicted molar refractivity (Wildman–Crippen MR) is 49.9 cm³/mol. The Balaban J connectivity index is 2.65. The highest BCUT2D eigenvalue weighted by Gasteiger charge is 2.12. The number of rotatable bonds is 4. The van der Waals surface area contributed by atoms with Crippen LogP contribution in [0.25, 0.3) is 0 Å². The second-order valence-corrected chi connectivity index (χ2v) is 3.01. The van der Waals surface area contributed by atoms with E-state index in [2.05, 4.69) is 0 Å². The molecular formula is C10H12O4. The van der Waals surface area contributed by atoms with E-state index in [9.17, 15) is 15.0 Å². The van der Waals surface area contributed by atoms with Gasteiger partial charge >= 0.3 is 5.97 Å². The van der Waals surface area contributed by atoms with E-state index in [1.807, 2.05) is 0 Å². The number of para-hydroxylation sites is 1. The molecule has 0 radical (unpaired) electrons. The molecule has 1 rings (SSSR count). The van der Waals surface area contributed by atoms with E-state index in [1.54, 1.807) is 18.2 Å². The molecule has 0 saturated heterocycles. The lowest BCUT2D eigenvalue weighted by Crippen LogP contribution is -2.02. The zero-order valence-corrected chi connectivity index (χ0v) is 7.55. The van der Waals surface area contributed by atoms with Crippen LogP contribution in [-0.2, 0) is 4.79 Å². The van der Waals surface area contributed by atoms with Crippen molar-refractivity contribution in [3.05, 3.63) is 29.8 Å². The van der Waals surface area contributed by atoms with E-state index >= 15 is 0 Å². The molecule has 1 unspecified atom stereocenters. The van der Waals surface area contributed by atoms with Gasteiger partial charge in [-0.2, -0.15) is 0 Å². The molecule has 0 fully saturated rings. The van der Waals surface area contributed by atoms with Crippen LogP contribution >= 0.6 is 0 Å². The van der Waals surface area contributed by atoms with E-state index < -0.39 is 12.1 Å². The number of phenolic OH excluding ortho intramolecular Hbond substituents is 1. The minimum absolute atomic E-state index is 0.00890. The van der Waals surface area contributed by atoms with E-state index in [0.29, 0.717) is 5.56 Å². The highest BCUT2D eigenvalue weighted by molar-refractivity contribution is 5.66. The van der Waals surface area contributed by atoms with E-state index in [0.717, 1.165) is 0 Å². The lowest BCUT2D eigenvalue weighted by molar-refractivity contribution is -0.137. The number of aliphatic hydroxyl groups excluding tert-OH is 1. The molecule has 0 heterocycles. The molecule has 0 aromatic heterocycles. The summed E-state index contributed by atoms with van der Waals surface area (Å²) in [7, 11) is 0. The monoisotopic (exact) mass is 196 g/mol. The van der Waals surface area contributed by atoms with E-state index in [-0.39, 0.29) is 18.6 Å². The van der Waals surface area contributed by atoms with E-state index in [1.165, 1.54) is 6.07 Å². The first-order chi connectivity index (χ1) is 6.61. The van der Waals surface area contributed by atoms with Crippen molar-refractivity contribution in [3.8, 4) is 5.75 Å². The second kappa shape index (κ2) is 4.62. The summed E-state index contributed by atoms with van der Waals surface area (Å²) in [4.78, 5) is 10.2. The highest BCUT2D eigenvalue weighted by Crippen LogP contribution is 2.26. The maximum atomic E-state index is 10.2. The van der Waals surface area contributed by atoms with Crippen LogP contribution in [0.5, 0.6) is 5.75 Å². The summed E-state index contributed by atoms with van der Waals surface area (Å²) in [6, 6.07) is 6.35. The van der Waals surface area contributed by atoms with Crippen LogP contribution in [0, 0.1) is 0 Å². The third-order valence-corrected chi connectivity index (χ3v) is 1.93. The Morgan fingerprint density at radius 2 is 2.00 bits per heavy atom. The molecule has 1 aromatic carbocycles. The first-order valence-electron chi connectivity index (χ1n) is 4.29. The molecule has 0 aliphatic rings. The summed E-state index contributed by atoms with van der Waals surface area (Å²) in [5.41, 5.74) is 0.369. The summed E-state index contributed by atoms with van der Waals surface area (Å²) in [5.74, 6) is -0.968. The number of benzene rings is 1. The molecule has 0 bridgehead atoms. The molecule has 0 spiro atoms. The maximum absolute atomic E-state index is 10.2. The Bertz CT molecular complexity index is 322. The minimum Gasteiger partial charge on any atom is -0.508 e. The van der Waals surface area contributed by atoms with Gasteiger partial charge in [0.05, 0.1) is 6.10 Å². The standard InChI is InChI=1S/C10H12O4/c11-8-4-2-1-3-7(8)9(12)5-6-10(13)14/h1-4,9,11-12H,5-6H2,(H,13,14). The summed E-state index contributed by atoms with van der Waals surface area (Å²) in [6.45, 7) is 0. The zero-order chi connectivity index (χ0) is 10.6. The van der Waals surface area contributed by atoms with Crippen molar-refractivity contribution in [3.63, 3.8) is 0 Å². The van der Waals surface area contributed by atoms with Gasteiger partial charge in [0.25, 0.3) is 0 Å². The SMILES string of the molecule is O=C(O)CCC(O)c1ccccc1O. The van der Waals surface area contributed by atoms with Crippen LogP contribution in [0.3, 0.4) is 0 Å². The number of carboxylic acid groups (broad SMARTS) is 1. The molecule has 0 aliphatic heterocycles. The Hall–Kier alpha value is -1.55. The Labute approximate surface area is 81.4 Å². The summed E-state index contributed by atoms with van der Waals surface area (Å²) < 4.78 is 0. The average Bonchev–Trinajstić information content (AvgIpc) is 2.15. The van der Waals surface area contributed by atoms with Gasteiger partial charge in [-0.1, -0.05) is 18.2 Å². The van der Waals surface area contributed by atoms with Crippen molar-refractivity contribution in [2.75, 3.05) is 0 Å². The van der Waals surface area contributed by atoms with Gasteiger partial charge in [0.15, 0.2) is 0 Å². The second-order valence-electron chi connectivity index (χ2n) is 3.01. The molecule has 76 valence electrons. The molecule has 14 heavy (non-hydrogen) atoms. The summed E-state index contributed by atoms with van der Waals surface area (Å²) >= 11 is 0. The summed E-state index contributed by atoms with van der Waals surface area (Å²) in [6.07, 6.45) is -0.935. The molecule has 1 aromatic rings. The van der Waals surface area contributed by atoms with Crippen LogP contribution in [0.1, 0.15) is 24.5 Å². The molecule has 4 heteroatoms. The average molecular weight is 196 g/mol. The Kier molecular flexibility index (Phi) is 3.48. The number of aliphatic carboxylic acids is 1. The number of carbonyl (C=O) groups is 1. The predicted octanol–water partition coefficient (Wildman–Crippen LogP) is 1.29. The lowest BCUT2D eigenvalue weighted by Gasteiger charge is -2.10. The number of hydrogen-bond acceptors (Lipinski definition) is 3. The molecule has 4 nitrogen and oxygen atoms in total. The third-order valence-electron chi connectivity index (χ3n) is 1.93. The first-order valence-corrected chi connectivity index (χ1v) is 4.29. The maximum Gasteiger partial charge on any atom is 0.303 e. The van der Waals surface area contributed by atoms with Gasteiger partial charge in [-0.05, 0) is 12.5 Å². The molecule has 3 N–H and O–H groups in total. The van der Waals surface area contributed by atoms with Gasteiger partial charge in [-0.15, -0.1) is 0 Å². The third kappa shape index (κ3) is 2.74. The lowest BCUT2D eigenvalue weighted by atomic mass is 10.0. The van der Waals surface area contributed by atoms with Crippen molar-refractivity contribution < 1.29 is 20.1 Å². The Morgan fingerprint density at radius 1 is 1.36 bits per heavy atom. The Morgan fingerprint density at radius 3 is 2.57 bits per heavy atom. The number of carboxylic acids is 1. The molecule has 1 atom stereocenters. The van der Waals surface area contributed by atoms with Gasteiger partial charge in [0.1, 0.15) is 5.75 Å². The fourth-order valence-corrected chi connectivity index (χ4v) is 1.19. The number of phenols is 1. The van der Waals surface area contributed by atoms with Crippen molar-refractivity contribution in [2.45, 2.75) is 18.9 Å². The van der Waals surface area contributed by atoms with Crippen molar-refractivity contribution >= 4 is 5.97 Å². The quantitative estimate of drug-likeness (QED) is 0.678. The van der Waals surface area contributed by atoms with Gasteiger partial charge in [0.2, 0.25) is 0 Å². The van der Waals surface area contributed by atoms with Crippen molar-refractivity contribution in [1.29, 1.82) is 0 Å². The topological polar surface area (TPSA) is 77.8 Å². The molecular weight excluding hydrogens is 184 g/mol.